The number of halogens is 2. The first-order valence-corrected chi connectivity index (χ1v) is 6.80. The molecule has 18 heavy (non-hydrogen) atoms. The number of rotatable bonds is 5. The largest absolute Gasteiger partial charge is 0.352 e. The highest BCUT2D eigenvalue weighted by molar-refractivity contribution is 6.42. The molecule has 1 atom stereocenters. The van der Waals surface area contributed by atoms with Gasteiger partial charge in [-0.2, -0.15) is 0 Å². The zero-order valence-electron chi connectivity index (χ0n) is 10.2. The van der Waals surface area contributed by atoms with E-state index in [0.717, 1.165) is 18.4 Å². The first-order chi connectivity index (χ1) is 8.58. The summed E-state index contributed by atoms with van der Waals surface area (Å²) >= 11 is 12.0. The average Bonchev–Trinajstić information content (AvgIpc) is 3.14. The van der Waals surface area contributed by atoms with E-state index in [2.05, 4.69) is 10.6 Å². The van der Waals surface area contributed by atoms with Gasteiger partial charge < -0.3 is 10.6 Å². The number of carbonyl (C=O) groups is 1. The minimum absolute atomic E-state index is 0.0376. The predicted octanol–water partition coefficient (Wildman–Crippen LogP) is 2.75. The molecule has 0 radical (unpaired) electrons. The van der Waals surface area contributed by atoms with Crippen LogP contribution < -0.4 is 10.6 Å². The number of benzene rings is 1. The number of hydrogen-bond acceptors (Lipinski definition) is 2. The maximum Gasteiger partial charge on any atom is 0.237 e. The second-order valence-electron chi connectivity index (χ2n) is 4.60. The minimum Gasteiger partial charge on any atom is -0.352 e. The van der Waals surface area contributed by atoms with Gasteiger partial charge >= 0.3 is 0 Å². The first kappa shape index (κ1) is 13.7. The smallest absolute Gasteiger partial charge is 0.237 e. The number of nitrogens with one attached hydrogen (secondary N) is 2. The Morgan fingerprint density at radius 3 is 2.83 bits per heavy atom. The van der Waals surface area contributed by atoms with Crippen molar-refractivity contribution in [3.05, 3.63) is 33.8 Å². The molecule has 5 heteroatoms. The Morgan fingerprint density at radius 1 is 1.44 bits per heavy atom. The molecule has 0 bridgehead atoms. The van der Waals surface area contributed by atoms with Gasteiger partial charge in [-0.05, 0) is 31.4 Å². The third kappa shape index (κ3) is 3.61. The zero-order valence-corrected chi connectivity index (χ0v) is 11.7. The summed E-state index contributed by atoms with van der Waals surface area (Å²) in [6.07, 6.45) is 2.19. The molecule has 0 aliphatic heterocycles. The van der Waals surface area contributed by atoms with Crippen molar-refractivity contribution in [2.75, 3.05) is 0 Å². The van der Waals surface area contributed by atoms with Crippen LogP contribution in [0.15, 0.2) is 18.2 Å². The van der Waals surface area contributed by atoms with Crippen LogP contribution in [0.25, 0.3) is 0 Å². The van der Waals surface area contributed by atoms with Gasteiger partial charge in [-0.25, -0.2) is 0 Å². The lowest BCUT2D eigenvalue weighted by Gasteiger charge is -2.14. The standard InChI is InChI=1S/C13H16Cl2N2O/c1-8(13(18)17-10-5-6-10)16-7-9-3-2-4-11(14)12(9)15/h2-4,8,10,16H,5-7H2,1H3,(H,17,18). The third-order valence-electron chi connectivity index (χ3n) is 2.95. The van der Waals surface area contributed by atoms with E-state index in [4.69, 9.17) is 23.2 Å². The summed E-state index contributed by atoms with van der Waals surface area (Å²) in [5.41, 5.74) is 0.898. The molecular formula is C13H16Cl2N2O. The van der Waals surface area contributed by atoms with Gasteiger partial charge in [-0.3, -0.25) is 4.79 Å². The van der Waals surface area contributed by atoms with Gasteiger partial charge in [0.2, 0.25) is 5.91 Å². The van der Waals surface area contributed by atoms with Gasteiger partial charge in [-0.15, -0.1) is 0 Å². The predicted molar refractivity (Wildman–Crippen MR) is 73.9 cm³/mol. The van der Waals surface area contributed by atoms with Crippen molar-refractivity contribution in [2.45, 2.75) is 38.4 Å². The molecule has 1 saturated carbocycles. The lowest BCUT2D eigenvalue weighted by Crippen LogP contribution is -2.42. The lowest BCUT2D eigenvalue weighted by atomic mass is 10.2. The van der Waals surface area contributed by atoms with Gasteiger partial charge in [0, 0.05) is 12.6 Å². The summed E-state index contributed by atoms with van der Waals surface area (Å²) < 4.78 is 0. The molecule has 1 aromatic rings. The van der Waals surface area contributed by atoms with E-state index in [1.54, 1.807) is 6.07 Å². The molecule has 0 aromatic heterocycles. The molecule has 1 fully saturated rings. The highest BCUT2D eigenvalue weighted by atomic mass is 35.5. The van der Waals surface area contributed by atoms with Crippen LogP contribution in [0.5, 0.6) is 0 Å². The van der Waals surface area contributed by atoms with E-state index in [1.807, 2.05) is 19.1 Å². The summed E-state index contributed by atoms with van der Waals surface area (Å²) in [4.78, 5) is 11.7. The normalized spacial score (nSPS) is 16.4. The van der Waals surface area contributed by atoms with Crippen molar-refractivity contribution in [1.29, 1.82) is 0 Å². The van der Waals surface area contributed by atoms with Crippen LogP contribution in [0.2, 0.25) is 10.0 Å². The van der Waals surface area contributed by atoms with Crippen LogP contribution >= 0.6 is 23.2 Å². The fourth-order valence-electron chi connectivity index (χ4n) is 1.59. The topological polar surface area (TPSA) is 41.1 Å². The van der Waals surface area contributed by atoms with Crippen LogP contribution in [-0.4, -0.2) is 18.0 Å². The van der Waals surface area contributed by atoms with Crippen molar-refractivity contribution in [2.24, 2.45) is 0 Å². The zero-order chi connectivity index (χ0) is 13.1. The molecule has 0 heterocycles. The fraction of sp³-hybridized carbons (Fsp3) is 0.462. The summed E-state index contributed by atoms with van der Waals surface area (Å²) in [5.74, 6) is 0.0376. The Hall–Kier alpha value is -0.770. The van der Waals surface area contributed by atoms with Crippen molar-refractivity contribution in [3.8, 4) is 0 Å². The molecule has 1 aromatic carbocycles. The van der Waals surface area contributed by atoms with Gasteiger partial charge in [0.15, 0.2) is 0 Å². The lowest BCUT2D eigenvalue weighted by molar-refractivity contribution is -0.122. The highest BCUT2D eigenvalue weighted by Crippen LogP contribution is 2.25. The summed E-state index contributed by atoms with van der Waals surface area (Å²) in [7, 11) is 0. The van der Waals surface area contributed by atoms with E-state index in [9.17, 15) is 4.79 Å². The van der Waals surface area contributed by atoms with E-state index >= 15 is 0 Å². The number of amides is 1. The van der Waals surface area contributed by atoms with Gasteiger partial charge in [0.1, 0.15) is 0 Å². The second-order valence-corrected chi connectivity index (χ2v) is 5.38. The molecule has 98 valence electrons. The molecular weight excluding hydrogens is 271 g/mol. The van der Waals surface area contributed by atoms with Gasteiger partial charge in [0.05, 0.1) is 16.1 Å². The van der Waals surface area contributed by atoms with Crippen LogP contribution in [0.3, 0.4) is 0 Å². The quantitative estimate of drug-likeness (QED) is 0.874. The van der Waals surface area contributed by atoms with Gasteiger partial charge in [0.25, 0.3) is 0 Å². The minimum atomic E-state index is -0.236. The molecule has 1 aliphatic rings. The molecule has 0 spiro atoms. The summed E-state index contributed by atoms with van der Waals surface area (Å²) in [6, 6.07) is 5.64. The van der Waals surface area contributed by atoms with E-state index < -0.39 is 0 Å². The van der Waals surface area contributed by atoms with Crippen LogP contribution in [0.1, 0.15) is 25.3 Å². The maximum atomic E-state index is 11.7. The molecule has 0 saturated heterocycles. The summed E-state index contributed by atoms with van der Waals surface area (Å²) in [5, 5.41) is 7.18. The number of carbonyl (C=O) groups excluding carboxylic acids is 1. The van der Waals surface area contributed by atoms with Crippen LogP contribution in [-0.2, 0) is 11.3 Å². The summed E-state index contributed by atoms with van der Waals surface area (Å²) in [6.45, 7) is 2.37. The van der Waals surface area contributed by atoms with Crippen molar-refractivity contribution >= 4 is 29.1 Å². The van der Waals surface area contributed by atoms with Crippen molar-refractivity contribution in [3.63, 3.8) is 0 Å². The molecule has 1 amide bonds. The van der Waals surface area contributed by atoms with Crippen LogP contribution in [0, 0.1) is 0 Å². The first-order valence-electron chi connectivity index (χ1n) is 6.04. The fourth-order valence-corrected chi connectivity index (χ4v) is 1.98. The third-order valence-corrected chi connectivity index (χ3v) is 3.81. The highest BCUT2D eigenvalue weighted by Gasteiger charge is 2.25. The average molecular weight is 287 g/mol. The Kier molecular flexibility index (Phi) is 4.49. The van der Waals surface area contributed by atoms with Crippen LogP contribution in [0.4, 0.5) is 0 Å². The second kappa shape index (κ2) is 5.91. The number of hydrogen-bond donors (Lipinski definition) is 2. The molecule has 2 N–H and O–H groups in total. The van der Waals surface area contributed by atoms with Gasteiger partial charge in [-0.1, -0.05) is 35.3 Å². The Labute approximate surface area is 117 Å². The van der Waals surface area contributed by atoms with E-state index in [1.165, 1.54) is 0 Å². The Morgan fingerprint density at radius 2 is 2.17 bits per heavy atom. The molecule has 1 unspecified atom stereocenters. The molecule has 3 nitrogen and oxygen atoms in total. The monoisotopic (exact) mass is 286 g/mol. The Balaban J connectivity index is 1.86. The molecule has 1 aliphatic carbocycles. The SMILES string of the molecule is CC(NCc1cccc(Cl)c1Cl)C(=O)NC1CC1. The Bertz CT molecular complexity index is 447. The van der Waals surface area contributed by atoms with E-state index in [0.29, 0.717) is 22.6 Å². The van der Waals surface area contributed by atoms with E-state index in [-0.39, 0.29) is 11.9 Å². The van der Waals surface area contributed by atoms with Crippen molar-refractivity contribution in [1.82, 2.24) is 10.6 Å². The van der Waals surface area contributed by atoms with Crippen molar-refractivity contribution < 1.29 is 4.79 Å². The maximum absolute atomic E-state index is 11.7. The molecule has 2 rings (SSSR count).